The molecule has 3 rings (SSSR count). The number of hydrogen-bond acceptors (Lipinski definition) is 3. The predicted molar refractivity (Wildman–Crippen MR) is 81.3 cm³/mol. The molecule has 2 aliphatic rings. The smallest absolute Gasteiger partial charge is 0.252 e. The molecule has 1 aliphatic heterocycles. The van der Waals surface area contributed by atoms with Crippen LogP contribution >= 0.6 is 0 Å². The zero-order valence-electron chi connectivity index (χ0n) is 12.7. The van der Waals surface area contributed by atoms with Crippen molar-refractivity contribution in [2.75, 3.05) is 13.1 Å². The first kappa shape index (κ1) is 14.3. The van der Waals surface area contributed by atoms with Crippen molar-refractivity contribution in [2.45, 2.75) is 45.1 Å². The zero-order valence-corrected chi connectivity index (χ0v) is 12.7. The summed E-state index contributed by atoms with van der Waals surface area (Å²) >= 11 is 0. The Kier molecular flexibility index (Phi) is 3.61. The van der Waals surface area contributed by atoms with E-state index in [4.69, 9.17) is 0 Å². The van der Waals surface area contributed by atoms with E-state index in [2.05, 4.69) is 15.6 Å². The molecule has 0 unspecified atom stereocenters. The lowest BCUT2D eigenvalue weighted by molar-refractivity contribution is -0.122. The Hall–Kier alpha value is -1.62. The van der Waals surface area contributed by atoms with Gasteiger partial charge in [0, 0.05) is 24.3 Å². The molecule has 1 saturated carbocycles. The number of H-pyrrole nitrogens is 1. The standard InChI is InChI=1S/C16H23N3O2/c1-10-6-11(2)18-15(21)13(10)7-14(20)19-16-5-3-4-12(16)8-17-9-16/h6,12,17H,3-5,7-9H2,1-2H3,(H,18,21)(H,19,20)/t12-,16-/m0/s1. The average Bonchev–Trinajstić information content (AvgIpc) is 2.92. The summed E-state index contributed by atoms with van der Waals surface area (Å²) in [5, 5.41) is 6.60. The second-order valence-electron chi connectivity index (χ2n) is 6.54. The first-order valence-corrected chi connectivity index (χ1v) is 7.71. The van der Waals surface area contributed by atoms with E-state index >= 15 is 0 Å². The van der Waals surface area contributed by atoms with Crippen molar-refractivity contribution in [3.05, 3.63) is 33.2 Å². The highest BCUT2D eigenvalue weighted by molar-refractivity contribution is 5.79. The number of rotatable bonds is 3. The van der Waals surface area contributed by atoms with Crippen molar-refractivity contribution < 1.29 is 4.79 Å². The molecular formula is C16H23N3O2. The van der Waals surface area contributed by atoms with Crippen LogP contribution in [0.25, 0.3) is 0 Å². The molecule has 3 N–H and O–H groups in total. The van der Waals surface area contributed by atoms with Crippen LogP contribution in [0.1, 0.15) is 36.1 Å². The summed E-state index contributed by atoms with van der Waals surface area (Å²) in [5.41, 5.74) is 2.07. The molecule has 2 atom stereocenters. The Labute approximate surface area is 124 Å². The number of aromatic amines is 1. The van der Waals surface area contributed by atoms with Crippen LogP contribution in [0.4, 0.5) is 0 Å². The Morgan fingerprint density at radius 1 is 1.48 bits per heavy atom. The summed E-state index contributed by atoms with van der Waals surface area (Å²) in [4.78, 5) is 27.2. The lowest BCUT2D eigenvalue weighted by Gasteiger charge is -2.30. The third-order valence-electron chi connectivity index (χ3n) is 5.01. The molecule has 114 valence electrons. The van der Waals surface area contributed by atoms with Gasteiger partial charge in [-0.15, -0.1) is 0 Å². The molecule has 1 aromatic rings. The fourth-order valence-electron chi connectivity index (χ4n) is 3.94. The molecule has 5 nitrogen and oxygen atoms in total. The minimum absolute atomic E-state index is 0.0388. The fraction of sp³-hybridized carbons (Fsp3) is 0.625. The molecule has 1 saturated heterocycles. The van der Waals surface area contributed by atoms with Crippen molar-refractivity contribution in [3.63, 3.8) is 0 Å². The molecule has 0 bridgehead atoms. The Bertz CT molecular complexity index is 610. The lowest BCUT2D eigenvalue weighted by atomic mass is 9.90. The van der Waals surface area contributed by atoms with Crippen LogP contribution in [0, 0.1) is 19.8 Å². The second-order valence-corrected chi connectivity index (χ2v) is 6.54. The number of aryl methyl sites for hydroxylation is 2. The normalized spacial score (nSPS) is 27.6. The van der Waals surface area contributed by atoms with E-state index in [0.717, 1.165) is 30.8 Å². The van der Waals surface area contributed by atoms with Crippen LogP contribution in [0.15, 0.2) is 10.9 Å². The zero-order chi connectivity index (χ0) is 15.0. The number of carbonyl (C=O) groups excluding carboxylic acids is 1. The lowest BCUT2D eigenvalue weighted by Crippen LogP contribution is -2.52. The van der Waals surface area contributed by atoms with Gasteiger partial charge < -0.3 is 15.6 Å². The molecule has 0 aromatic carbocycles. The first-order valence-electron chi connectivity index (χ1n) is 7.71. The van der Waals surface area contributed by atoms with Crippen LogP contribution in [-0.4, -0.2) is 29.5 Å². The number of amides is 1. The van der Waals surface area contributed by atoms with Gasteiger partial charge in [-0.05, 0) is 44.2 Å². The number of hydrogen-bond donors (Lipinski definition) is 3. The topological polar surface area (TPSA) is 74.0 Å². The van der Waals surface area contributed by atoms with Crippen LogP contribution in [0.5, 0.6) is 0 Å². The molecule has 1 aliphatic carbocycles. The Balaban J connectivity index is 1.74. The maximum atomic E-state index is 12.4. The summed E-state index contributed by atoms with van der Waals surface area (Å²) < 4.78 is 0. The van der Waals surface area contributed by atoms with Gasteiger partial charge in [-0.25, -0.2) is 0 Å². The number of pyridine rings is 1. The van der Waals surface area contributed by atoms with Crippen molar-refractivity contribution >= 4 is 5.91 Å². The van der Waals surface area contributed by atoms with Crippen molar-refractivity contribution in [3.8, 4) is 0 Å². The van der Waals surface area contributed by atoms with Crippen LogP contribution in [-0.2, 0) is 11.2 Å². The van der Waals surface area contributed by atoms with Gasteiger partial charge in [0.05, 0.1) is 12.0 Å². The molecule has 0 spiro atoms. The molecule has 0 radical (unpaired) electrons. The Morgan fingerprint density at radius 2 is 2.29 bits per heavy atom. The van der Waals surface area contributed by atoms with Gasteiger partial charge in [-0.2, -0.15) is 0 Å². The van der Waals surface area contributed by atoms with E-state index in [0.29, 0.717) is 11.5 Å². The summed E-state index contributed by atoms with van der Waals surface area (Å²) in [7, 11) is 0. The number of fused-ring (bicyclic) bond motifs is 1. The molecule has 21 heavy (non-hydrogen) atoms. The van der Waals surface area contributed by atoms with Gasteiger partial charge in [-0.1, -0.05) is 6.42 Å². The molecule has 2 fully saturated rings. The highest BCUT2D eigenvalue weighted by Gasteiger charge is 2.47. The van der Waals surface area contributed by atoms with Gasteiger partial charge in [-0.3, -0.25) is 9.59 Å². The third kappa shape index (κ3) is 2.62. The van der Waals surface area contributed by atoms with Crippen LogP contribution in [0.2, 0.25) is 0 Å². The monoisotopic (exact) mass is 289 g/mol. The van der Waals surface area contributed by atoms with Gasteiger partial charge in [0.1, 0.15) is 0 Å². The van der Waals surface area contributed by atoms with E-state index < -0.39 is 0 Å². The minimum atomic E-state index is -0.146. The molecule has 1 amide bonds. The number of carbonyl (C=O) groups is 1. The molecule has 1 aromatic heterocycles. The minimum Gasteiger partial charge on any atom is -0.349 e. The van der Waals surface area contributed by atoms with Crippen molar-refractivity contribution in [1.82, 2.24) is 15.6 Å². The summed E-state index contributed by atoms with van der Waals surface area (Å²) in [5.74, 6) is 0.502. The number of nitrogens with one attached hydrogen (secondary N) is 3. The van der Waals surface area contributed by atoms with Gasteiger partial charge in [0.15, 0.2) is 0 Å². The van der Waals surface area contributed by atoms with E-state index in [1.54, 1.807) is 0 Å². The van der Waals surface area contributed by atoms with E-state index in [9.17, 15) is 9.59 Å². The highest BCUT2D eigenvalue weighted by Crippen LogP contribution is 2.38. The fourth-order valence-corrected chi connectivity index (χ4v) is 3.94. The summed E-state index contributed by atoms with van der Waals surface area (Å²) in [6.45, 7) is 5.58. The maximum Gasteiger partial charge on any atom is 0.252 e. The quantitative estimate of drug-likeness (QED) is 0.770. The largest absolute Gasteiger partial charge is 0.349 e. The highest BCUT2D eigenvalue weighted by atomic mass is 16.2. The third-order valence-corrected chi connectivity index (χ3v) is 5.01. The molecule has 5 heteroatoms. The van der Waals surface area contributed by atoms with E-state index in [1.165, 1.54) is 12.8 Å². The first-order chi connectivity index (χ1) is 10.00. The van der Waals surface area contributed by atoms with Gasteiger partial charge in [0.25, 0.3) is 5.56 Å². The molecule has 2 heterocycles. The van der Waals surface area contributed by atoms with Crippen LogP contribution in [0.3, 0.4) is 0 Å². The maximum absolute atomic E-state index is 12.4. The van der Waals surface area contributed by atoms with E-state index in [1.807, 2.05) is 19.9 Å². The number of aromatic nitrogens is 1. The Morgan fingerprint density at radius 3 is 3.05 bits per heavy atom. The van der Waals surface area contributed by atoms with Crippen molar-refractivity contribution in [2.24, 2.45) is 5.92 Å². The SMILES string of the molecule is Cc1cc(C)c(CC(=O)N[C@]23CCC[C@H]2CNC3)c(=O)[nH]1. The summed E-state index contributed by atoms with van der Waals surface area (Å²) in [6, 6.07) is 1.91. The second kappa shape index (κ2) is 5.30. The molecular weight excluding hydrogens is 266 g/mol. The van der Waals surface area contributed by atoms with E-state index in [-0.39, 0.29) is 23.4 Å². The van der Waals surface area contributed by atoms with Crippen LogP contribution < -0.4 is 16.2 Å². The average molecular weight is 289 g/mol. The van der Waals surface area contributed by atoms with Gasteiger partial charge >= 0.3 is 0 Å². The van der Waals surface area contributed by atoms with Crippen molar-refractivity contribution in [1.29, 1.82) is 0 Å². The van der Waals surface area contributed by atoms with Gasteiger partial charge in [0.2, 0.25) is 5.91 Å². The predicted octanol–water partition coefficient (Wildman–Crippen LogP) is 0.793. The summed E-state index contributed by atoms with van der Waals surface area (Å²) in [6.07, 6.45) is 3.56.